The summed E-state index contributed by atoms with van der Waals surface area (Å²) < 4.78 is 2.90. The smallest absolute Gasteiger partial charge is 0.240 e. The number of benzene rings is 1. The molecule has 1 aromatic rings. The minimum atomic E-state index is -0.299. The van der Waals surface area contributed by atoms with Gasteiger partial charge in [-0.15, -0.1) is 0 Å². The van der Waals surface area contributed by atoms with Crippen LogP contribution >= 0.6 is 11.9 Å². The van der Waals surface area contributed by atoms with Crippen LogP contribution in [0.5, 0.6) is 0 Å². The Morgan fingerprint density at radius 1 is 1.40 bits per heavy atom. The van der Waals surface area contributed by atoms with Gasteiger partial charge in [0.2, 0.25) is 5.91 Å². The van der Waals surface area contributed by atoms with E-state index >= 15 is 0 Å². The second kappa shape index (κ2) is 4.27. The molecule has 1 aliphatic rings. The Kier molecular flexibility index (Phi) is 3.00. The van der Waals surface area contributed by atoms with Gasteiger partial charge in [0.25, 0.3) is 0 Å². The number of carbonyl (C=O) groups is 1. The number of rotatable bonds is 2. The van der Waals surface area contributed by atoms with Crippen LogP contribution in [0.2, 0.25) is 0 Å². The van der Waals surface area contributed by atoms with Gasteiger partial charge in [0.1, 0.15) is 0 Å². The molecule has 2 rings (SSSR count). The first-order chi connectivity index (χ1) is 7.29. The molecule has 1 amide bonds. The molecule has 1 fully saturated rings. The van der Waals surface area contributed by atoms with Crippen LogP contribution in [0, 0.1) is 0 Å². The topological polar surface area (TPSA) is 29.1 Å². The molecular formula is C12H15NOS. The lowest BCUT2D eigenvalue weighted by atomic mass is 9.75. The van der Waals surface area contributed by atoms with E-state index < -0.39 is 0 Å². The van der Waals surface area contributed by atoms with Crippen LogP contribution in [0.25, 0.3) is 0 Å². The van der Waals surface area contributed by atoms with Gasteiger partial charge in [-0.1, -0.05) is 49.2 Å². The molecule has 0 spiro atoms. The second-order valence-corrected chi connectivity index (χ2v) is 4.73. The lowest BCUT2D eigenvalue weighted by Crippen LogP contribution is -2.45. The predicted molar refractivity (Wildman–Crippen MR) is 63.6 cm³/mol. The molecule has 2 nitrogen and oxygen atoms in total. The SMILES string of the molecule is CCC1(c2ccccc2)CCSNC1=O. The van der Waals surface area contributed by atoms with E-state index in [0.29, 0.717) is 0 Å². The van der Waals surface area contributed by atoms with Gasteiger partial charge in [-0.3, -0.25) is 9.52 Å². The molecule has 1 N–H and O–H groups in total. The molecule has 1 unspecified atom stereocenters. The normalized spacial score (nSPS) is 26.1. The zero-order valence-electron chi connectivity index (χ0n) is 8.82. The molecule has 1 atom stereocenters. The lowest BCUT2D eigenvalue weighted by Gasteiger charge is -2.35. The summed E-state index contributed by atoms with van der Waals surface area (Å²) in [6.07, 6.45) is 1.80. The first-order valence-corrected chi connectivity index (χ1v) is 6.26. The van der Waals surface area contributed by atoms with Crippen molar-refractivity contribution in [3.63, 3.8) is 0 Å². The van der Waals surface area contributed by atoms with Gasteiger partial charge in [0.15, 0.2) is 0 Å². The van der Waals surface area contributed by atoms with E-state index in [1.54, 1.807) is 0 Å². The molecule has 15 heavy (non-hydrogen) atoms. The fraction of sp³-hybridized carbons (Fsp3) is 0.417. The van der Waals surface area contributed by atoms with Crippen molar-refractivity contribution in [1.82, 2.24) is 4.72 Å². The van der Waals surface area contributed by atoms with Crippen molar-refractivity contribution < 1.29 is 4.79 Å². The molecule has 1 aliphatic heterocycles. The van der Waals surface area contributed by atoms with Crippen LogP contribution in [0.3, 0.4) is 0 Å². The van der Waals surface area contributed by atoms with Crippen molar-refractivity contribution in [3.05, 3.63) is 35.9 Å². The summed E-state index contributed by atoms with van der Waals surface area (Å²) in [5.74, 6) is 1.15. The highest BCUT2D eigenvalue weighted by Gasteiger charge is 2.40. The monoisotopic (exact) mass is 221 g/mol. The molecule has 1 aromatic carbocycles. The summed E-state index contributed by atoms with van der Waals surface area (Å²) in [5, 5.41) is 0. The molecule has 0 radical (unpaired) electrons. The first-order valence-electron chi connectivity index (χ1n) is 5.27. The molecule has 3 heteroatoms. The minimum absolute atomic E-state index is 0.160. The van der Waals surface area contributed by atoms with Gasteiger partial charge < -0.3 is 0 Å². The second-order valence-electron chi connectivity index (χ2n) is 3.83. The summed E-state index contributed by atoms with van der Waals surface area (Å²) in [6, 6.07) is 10.1. The average molecular weight is 221 g/mol. The van der Waals surface area contributed by atoms with Crippen LogP contribution in [0.4, 0.5) is 0 Å². The molecule has 0 saturated carbocycles. The highest BCUT2D eigenvalue weighted by molar-refractivity contribution is 7.98. The van der Waals surface area contributed by atoms with Crippen LogP contribution in [-0.2, 0) is 10.2 Å². The summed E-state index contributed by atoms with van der Waals surface area (Å²) >= 11 is 1.52. The number of hydrogen-bond acceptors (Lipinski definition) is 2. The molecule has 1 saturated heterocycles. The van der Waals surface area contributed by atoms with E-state index in [1.165, 1.54) is 11.9 Å². The Hall–Kier alpha value is -0.960. The number of hydrogen-bond donors (Lipinski definition) is 1. The predicted octanol–water partition coefficient (Wildman–Crippen LogP) is 2.50. The molecule has 0 aromatic heterocycles. The Bertz CT molecular complexity index is 352. The summed E-state index contributed by atoms with van der Waals surface area (Å²) in [6.45, 7) is 2.09. The van der Waals surface area contributed by atoms with Gasteiger partial charge in [0.05, 0.1) is 5.41 Å². The molecular weight excluding hydrogens is 206 g/mol. The first kappa shape index (κ1) is 10.6. The van der Waals surface area contributed by atoms with E-state index in [0.717, 1.165) is 24.2 Å². The van der Waals surface area contributed by atoms with Crippen LogP contribution in [0.15, 0.2) is 30.3 Å². The average Bonchev–Trinajstić information content (AvgIpc) is 2.31. The van der Waals surface area contributed by atoms with Crippen molar-refractivity contribution in [1.29, 1.82) is 0 Å². The van der Waals surface area contributed by atoms with Crippen molar-refractivity contribution in [2.24, 2.45) is 0 Å². The van der Waals surface area contributed by atoms with Crippen LogP contribution in [-0.4, -0.2) is 11.7 Å². The maximum atomic E-state index is 12.0. The molecule has 0 aliphatic carbocycles. The third kappa shape index (κ3) is 1.76. The quantitative estimate of drug-likeness (QED) is 0.777. The third-order valence-electron chi connectivity index (χ3n) is 3.16. The highest BCUT2D eigenvalue weighted by atomic mass is 32.2. The fourth-order valence-electron chi connectivity index (χ4n) is 2.13. The van der Waals surface area contributed by atoms with Crippen LogP contribution in [0.1, 0.15) is 25.3 Å². The van der Waals surface area contributed by atoms with Crippen LogP contribution < -0.4 is 4.72 Å². The van der Waals surface area contributed by atoms with E-state index in [-0.39, 0.29) is 11.3 Å². The Morgan fingerprint density at radius 2 is 2.13 bits per heavy atom. The Morgan fingerprint density at radius 3 is 2.73 bits per heavy atom. The maximum absolute atomic E-state index is 12.0. The number of carbonyl (C=O) groups excluding carboxylic acids is 1. The molecule has 80 valence electrons. The number of amides is 1. The maximum Gasteiger partial charge on any atom is 0.240 e. The standard InChI is InChI=1S/C12H15NOS/c1-2-12(8-9-15-13-11(12)14)10-6-4-3-5-7-10/h3-7H,2,8-9H2,1H3,(H,13,14). The van der Waals surface area contributed by atoms with Crippen molar-refractivity contribution >= 4 is 17.9 Å². The lowest BCUT2D eigenvalue weighted by molar-refractivity contribution is -0.125. The zero-order valence-corrected chi connectivity index (χ0v) is 9.64. The Balaban J connectivity index is 2.40. The van der Waals surface area contributed by atoms with E-state index in [9.17, 15) is 4.79 Å². The van der Waals surface area contributed by atoms with E-state index in [2.05, 4.69) is 23.8 Å². The van der Waals surface area contributed by atoms with Gasteiger partial charge in [-0.2, -0.15) is 0 Å². The zero-order chi connectivity index (χ0) is 10.7. The summed E-state index contributed by atoms with van der Waals surface area (Å²) in [7, 11) is 0. The third-order valence-corrected chi connectivity index (χ3v) is 3.90. The van der Waals surface area contributed by atoms with E-state index in [1.807, 2.05) is 18.2 Å². The van der Waals surface area contributed by atoms with Gasteiger partial charge in [0, 0.05) is 5.75 Å². The minimum Gasteiger partial charge on any atom is -0.299 e. The summed E-state index contributed by atoms with van der Waals surface area (Å²) in [4.78, 5) is 12.0. The largest absolute Gasteiger partial charge is 0.299 e. The van der Waals surface area contributed by atoms with Crippen molar-refractivity contribution in [2.45, 2.75) is 25.2 Å². The fourth-order valence-corrected chi connectivity index (χ4v) is 3.01. The Labute approximate surface area is 94.6 Å². The van der Waals surface area contributed by atoms with E-state index in [4.69, 9.17) is 0 Å². The molecule has 1 heterocycles. The number of nitrogens with one attached hydrogen (secondary N) is 1. The summed E-state index contributed by atoms with van der Waals surface area (Å²) in [5.41, 5.74) is 0.845. The molecule has 0 bridgehead atoms. The highest BCUT2D eigenvalue weighted by Crippen LogP contribution is 2.36. The van der Waals surface area contributed by atoms with Gasteiger partial charge in [-0.25, -0.2) is 0 Å². The van der Waals surface area contributed by atoms with Crippen molar-refractivity contribution in [3.8, 4) is 0 Å². The van der Waals surface area contributed by atoms with Crippen molar-refractivity contribution in [2.75, 3.05) is 5.75 Å². The van der Waals surface area contributed by atoms with Gasteiger partial charge >= 0.3 is 0 Å². The van der Waals surface area contributed by atoms with Gasteiger partial charge in [-0.05, 0) is 18.4 Å².